The molecular weight excluding hydrogens is 140 g/mol. The summed E-state index contributed by atoms with van der Waals surface area (Å²) in [7, 11) is 0. The smallest absolute Gasteiger partial charge is 0.135 e. The summed E-state index contributed by atoms with van der Waals surface area (Å²) in [6.07, 6.45) is 2.59. The number of hydrogen-bond donors (Lipinski definition) is 0. The van der Waals surface area contributed by atoms with E-state index < -0.39 is 0 Å². The molecule has 2 atom stereocenters. The van der Waals surface area contributed by atoms with Crippen LogP contribution in [0.4, 0.5) is 0 Å². The summed E-state index contributed by atoms with van der Waals surface area (Å²) in [5, 5.41) is 0. The van der Waals surface area contributed by atoms with Gasteiger partial charge < -0.3 is 4.74 Å². The standard InChI is InChI=1S/C9H16O2/c1-3-11-9-6-8(10)5-4-7(9)2/h7,9H,3-6H2,1-2H3. The molecule has 11 heavy (non-hydrogen) atoms. The minimum absolute atomic E-state index is 0.196. The van der Waals surface area contributed by atoms with E-state index in [0.29, 0.717) is 18.1 Å². The molecule has 1 fully saturated rings. The number of carbonyl (C=O) groups is 1. The minimum atomic E-state index is 0.196. The van der Waals surface area contributed by atoms with Crippen molar-refractivity contribution in [2.75, 3.05) is 6.61 Å². The molecule has 1 aliphatic rings. The van der Waals surface area contributed by atoms with E-state index in [1.54, 1.807) is 0 Å². The molecule has 0 amide bonds. The van der Waals surface area contributed by atoms with E-state index >= 15 is 0 Å². The second-order valence-corrected chi connectivity index (χ2v) is 3.25. The summed E-state index contributed by atoms with van der Waals surface area (Å²) in [5.41, 5.74) is 0. The molecule has 2 unspecified atom stereocenters. The van der Waals surface area contributed by atoms with E-state index in [1.165, 1.54) is 0 Å². The van der Waals surface area contributed by atoms with Gasteiger partial charge in [-0.15, -0.1) is 0 Å². The molecule has 64 valence electrons. The van der Waals surface area contributed by atoms with Crippen LogP contribution in [0.2, 0.25) is 0 Å². The maximum Gasteiger partial charge on any atom is 0.135 e. The number of rotatable bonds is 2. The number of hydrogen-bond acceptors (Lipinski definition) is 2. The molecule has 0 aromatic rings. The second-order valence-electron chi connectivity index (χ2n) is 3.25. The third kappa shape index (κ3) is 2.29. The molecule has 0 bridgehead atoms. The Labute approximate surface area is 67.9 Å². The van der Waals surface area contributed by atoms with Crippen LogP contribution in [-0.2, 0) is 9.53 Å². The first-order chi connectivity index (χ1) is 5.24. The lowest BCUT2D eigenvalue weighted by molar-refractivity contribution is -0.126. The highest BCUT2D eigenvalue weighted by molar-refractivity contribution is 5.79. The normalized spacial score (nSPS) is 32.4. The Hall–Kier alpha value is -0.370. The topological polar surface area (TPSA) is 26.3 Å². The van der Waals surface area contributed by atoms with Crippen LogP contribution in [0, 0.1) is 5.92 Å². The predicted molar refractivity (Wildman–Crippen MR) is 43.4 cm³/mol. The van der Waals surface area contributed by atoms with Crippen molar-refractivity contribution in [1.29, 1.82) is 0 Å². The average Bonchev–Trinajstić information content (AvgIpc) is 1.98. The van der Waals surface area contributed by atoms with Gasteiger partial charge in [0, 0.05) is 19.4 Å². The Bertz CT molecular complexity index is 142. The summed E-state index contributed by atoms with van der Waals surface area (Å²) in [4.78, 5) is 11.0. The molecule has 0 aliphatic heterocycles. The Kier molecular flexibility index (Phi) is 3.06. The summed E-state index contributed by atoms with van der Waals surface area (Å²) >= 11 is 0. The molecular formula is C9H16O2. The molecule has 0 aromatic heterocycles. The first-order valence-corrected chi connectivity index (χ1v) is 4.37. The van der Waals surface area contributed by atoms with Crippen LogP contribution in [-0.4, -0.2) is 18.5 Å². The monoisotopic (exact) mass is 156 g/mol. The summed E-state index contributed by atoms with van der Waals surface area (Å²) < 4.78 is 5.44. The van der Waals surface area contributed by atoms with Crippen molar-refractivity contribution in [3.8, 4) is 0 Å². The van der Waals surface area contributed by atoms with Gasteiger partial charge in [0.1, 0.15) is 5.78 Å². The summed E-state index contributed by atoms with van der Waals surface area (Å²) in [5.74, 6) is 0.925. The van der Waals surface area contributed by atoms with Gasteiger partial charge in [0.25, 0.3) is 0 Å². The fraction of sp³-hybridized carbons (Fsp3) is 0.889. The molecule has 2 nitrogen and oxygen atoms in total. The van der Waals surface area contributed by atoms with Gasteiger partial charge in [0.2, 0.25) is 0 Å². The maximum atomic E-state index is 11.0. The number of Topliss-reactive ketones (excluding diaryl/α,β-unsaturated/α-hetero) is 1. The largest absolute Gasteiger partial charge is 0.378 e. The summed E-state index contributed by atoms with van der Waals surface area (Å²) in [6, 6.07) is 0. The highest BCUT2D eigenvalue weighted by Gasteiger charge is 2.25. The van der Waals surface area contributed by atoms with E-state index in [2.05, 4.69) is 6.92 Å². The van der Waals surface area contributed by atoms with Gasteiger partial charge in [0.15, 0.2) is 0 Å². The van der Waals surface area contributed by atoms with E-state index in [0.717, 1.165) is 19.4 Å². The Morgan fingerprint density at radius 3 is 3.00 bits per heavy atom. The number of ketones is 1. The van der Waals surface area contributed by atoms with Crippen LogP contribution < -0.4 is 0 Å². The average molecular weight is 156 g/mol. The van der Waals surface area contributed by atoms with Gasteiger partial charge in [-0.25, -0.2) is 0 Å². The zero-order valence-electron chi connectivity index (χ0n) is 7.30. The molecule has 0 saturated heterocycles. The number of carbonyl (C=O) groups excluding carboxylic acids is 1. The van der Waals surface area contributed by atoms with Crippen molar-refractivity contribution < 1.29 is 9.53 Å². The van der Waals surface area contributed by atoms with Crippen LogP contribution >= 0.6 is 0 Å². The number of ether oxygens (including phenoxy) is 1. The highest BCUT2D eigenvalue weighted by Crippen LogP contribution is 2.23. The molecule has 1 rings (SSSR count). The predicted octanol–water partition coefficient (Wildman–Crippen LogP) is 1.78. The first-order valence-electron chi connectivity index (χ1n) is 4.37. The Balaban J connectivity index is 2.40. The van der Waals surface area contributed by atoms with Crippen molar-refractivity contribution >= 4 is 5.78 Å². The molecule has 1 aliphatic carbocycles. The van der Waals surface area contributed by atoms with Crippen molar-refractivity contribution in [2.45, 2.75) is 39.2 Å². The molecule has 0 heterocycles. The van der Waals surface area contributed by atoms with E-state index in [9.17, 15) is 4.79 Å². The van der Waals surface area contributed by atoms with Gasteiger partial charge in [-0.1, -0.05) is 6.92 Å². The SMILES string of the molecule is CCOC1CC(=O)CCC1C. The van der Waals surface area contributed by atoms with Crippen LogP contribution in [0.5, 0.6) is 0 Å². The van der Waals surface area contributed by atoms with Crippen LogP contribution in [0.25, 0.3) is 0 Å². The van der Waals surface area contributed by atoms with Gasteiger partial charge >= 0.3 is 0 Å². The van der Waals surface area contributed by atoms with Crippen LogP contribution in [0.15, 0.2) is 0 Å². The molecule has 2 heteroatoms. The highest BCUT2D eigenvalue weighted by atomic mass is 16.5. The third-order valence-corrected chi connectivity index (χ3v) is 2.32. The fourth-order valence-electron chi connectivity index (χ4n) is 1.54. The zero-order chi connectivity index (χ0) is 8.27. The van der Waals surface area contributed by atoms with Crippen molar-refractivity contribution in [2.24, 2.45) is 5.92 Å². The lowest BCUT2D eigenvalue weighted by Crippen LogP contribution is -2.30. The van der Waals surface area contributed by atoms with E-state index in [4.69, 9.17) is 4.74 Å². The zero-order valence-corrected chi connectivity index (χ0v) is 7.30. The lowest BCUT2D eigenvalue weighted by atomic mass is 9.87. The quantitative estimate of drug-likeness (QED) is 0.609. The Morgan fingerprint density at radius 1 is 1.64 bits per heavy atom. The van der Waals surface area contributed by atoms with Gasteiger partial charge in [-0.05, 0) is 19.3 Å². The molecule has 0 radical (unpaired) electrons. The summed E-state index contributed by atoms with van der Waals surface area (Å²) in [6.45, 7) is 4.86. The molecule has 1 saturated carbocycles. The van der Waals surface area contributed by atoms with E-state index in [1.807, 2.05) is 6.92 Å². The van der Waals surface area contributed by atoms with Crippen LogP contribution in [0.3, 0.4) is 0 Å². The van der Waals surface area contributed by atoms with Crippen molar-refractivity contribution in [1.82, 2.24) is 0 Å². The Morgan fingerprint density at radius 2 is 2.36 bits per heavy atom. The van der Waals surface area contributed by atoms with Crippen LogP contribution in [0.1, 0.15) is 33.1 Å². The van der Waals surface area contributed by atoms with Gasteiger partial charge in [-0.3, -0.25) is 4.79 Å². The van der Waals surface area contributed by atoms with E-state index in [-0.39, 0.29) is 6.10 Å². The van der Waals surface area contributed by atoms with Crippen molar-refractivity contribution in [3.63, 3.8) is 0 Å². The minimum Gasteiger partial charge on any atom is -0.378 e. The van der Waals surface area contributed by atoms with Gasteiger partial charge in [-0.2, -0.15) is 0 Å². The molecule has 0 aromatic carbocycles. The second kappa shape index (κ2) is 3.86. The first kappa shape index (κ1) is 8.72. The lowest BCUT2D eigenvalue weighted by Gasteiger charge is -2.27. The fourth-order valence-corrected chi connectivity index (χ4v) is 1.54. The third-order valence-electron chi connectivity index (χ3n) is 2.32. The molecule has 0 N–H and O–H groups in total. The maximum absolute atomic E-state index is 11.0. The van der Waals surface area contributed by atoms with Crippen molar-refractivity contribution in [3.05, 3.63) is 0 Å². The van der Waals surface area contributed by atoms with Gasteiger partial charge in [0.05, 0.1) is 6.10 Å². The molecule has 0 spiro atoms.